The van der Waals surface area contributed by atoms with E-state index >= 15 is 0 Å². The highest BCUT2D eigenvalue weighted by atomic mass is 16.3. The van der Waals surface area contributed by atoms with Gasteiger partial charge in [-0.1, -0.05) is 39.0 Å². The minimum Gasteiger partial charge on any atom is -0.145 e. The van der Waals surface area contributed by atoms with Crippen LogP contribution in [0.4, 0.5) is 5.69 Å². The zero-order valence-corrected chi connectivity index (χ0v) is 8.37. The van der Waals surface area contributed by atoms with Crippen LogP contribution in [0.1, 0.15) is 26.3 Å². The number of nitrogens with zero attached hydrogens (tertiary/aromatic N) is 1. The number of hydrogen-bond acceptors (Lipinski definition) is 2. The summed E-state index contributed by atoms with van der Waals surface area (Å²) >= 11 is 0. The summed E-state index contributed by atoms with van der Waals surface area (Å²) < 4.78 is 0. The van der Waals surface area contributed by atoms with Crippen molar-refractivity contribution in [3.8, 4) is 0 Å². The molecule has 0 saturated heterocycles. The van der Waals surface area contributed by atoms with Gasteiger partial charge < -0.3 is 0 Å². The predicted octanol–water partition coefficient (Wildman–Crippen LogP) is 3.67. The third-order valence-corrected chi connectivity index (χ3v) is 1.81. The van der Waals surface area contributed by atoms with Gasteiger partial charge in [0.2, 0.25) is 0 Å². The summed E-state index contributed by atoms with van der Waals surface area (Å²) in [5, 5.41) is 3.00. The first-order valence-electron chi connectivity index (χ1n) is 4.44. The third kappa shape index (κ3) is 2.98. The molecule has 13 heavy (non-hydrogen) atoms. The predicted molar refractivity (Wildman–Crippen MR) is 55.1 cm³/mol. The highest BCUT2D eigenvalue weighted by molar-refractivity contribution is 5.45. The largest absolute Gasteiger partial charge is 0.145 e. The van der Waals surface area contributed by atoms with E-state index < -0.39 is 0 Å². The van der Waals surface area contributed by atoms with Crippen molar-refractivity contribution in [3.05, 3.63) is 34.7 Å². The van der Waals surface area contributed by atoms with Crippen LogP contribution in [-0.2, 0) is 6.42 Å². The maximum absolute atomic E-state index is 10.5. The van der Waals surface area contributed by atoms with Crippen molar-refractivity contribution in [2.24, 2.45) is 10.6 Å². The van der Waals surface area contributed by atoms with E-state index in [1.807, 2.05) is 18.2 Å². The molecule has 0 aliphatic rings. The molecule has 0 amide bonds. The van der Waals surface area contributed by atoms with Crippen LogP contribution in [0.5, 0.6) is 0 Å². The molecule has 2 nitrogen and oxygen atoms in total. The SMILES string of the molecule is CC(C)(C)Cc1ccccc1N=O. The topological polar surface area (TPSA) is 29.4 Å². The van der Waals surface area contributed by atoms with E-state index in [9.17, 15) is 4.91 Å². The number of benzene rings is 1. The summed E-state index contributed by atoms with van der Waals surface area (Å²) in [5.41, 5.74) is 1.79. The van der Waals surface area contributed by atoms with E-state index in [4.69, 9.17) is 0 Å². The molecule has 1 aromatic carbocycles. The molecule has 0 heterocycles. The van der Waals surface area contributed by atoms with Gasteiger partial charge in [0.1, 0.15) is 5.69 Å². The standard InChI is InChI=1S/C11H15NO/c1-11(2,3)8-9-6-4-5-7-10(9)12-13/h4-7H,8H2,1-3H3. The third-order valence-electron chi connectivity index (χ3n) is 1.81. The van der Waals surface area contributed by atoms with Gasteiger partial charge in [0.15, 0.2) is 0 Å². The van der Waals surface area contributed by atoms with Crippen LogP contribution in [0.3, 0.4) is 0 Å². The maximum Gasteiger partial charge on any atom is 0.111 e. The number of nitroso groups, excluding NO2 is 1. The maximum atomic E-state index is 10.5. The van der Waals surface area contributed by atoms with Crippen LogP contribution in [0.15, 0.2) is 29.4 Å². The smallest absolute Gasteiger partial charge is 0.111 e. The van der Waals surface area contributed by atoms with Crippen LogP contribution in [0.25, 0.3) is 0 Å². The summed E-state index contributed by atoms with van der Waals surface area (Å²) in [5.74, 6) is 0. The molecule has 70 valence electrons. The lowest BCUT2D eigenvalue weighted by atomic mass is 9.87. The molecule has 0 N–H and O–H groups in total. The summed E-state index contributed by atoms with van der Waals surface area (Å²) in [6, 6.07) is 7.49. The van der Waals surface area contributed by atoms with Crippen molar-refractivity contribution in [1.29, 1.82) is 0 Å². The molecule has 0 bridgehead atoms. The number of rotatable bonds is 2. The Labute approximate surface area is 79.0 Å². The van der Waals surface area contributed by atoms with Gasteiger partial charge in [0.25, 0.3) is 0 Å². The molecule has 0 atom stereocenters. The molecule has 0 fully saturated rings. The quantitative estimate of drug-likeness (QED) is 0.634. The normalized spacial score (nSPS) is 11.3. The van der Waals surface area contributed by atoms with Crippen LogP contribution < -0.4 is 0 Å². The Balaban J connectivity index is 2.94. The fourth-order valence-electron chi connectivity index (χ4n) is 1.32. The van der Waals surface area contributed by atoms with Crippen LogP contribution in [0, 0.1) is 10.3 Å². The Morgan fingerprint density at radius 1 is 1.23 bits per heavy atom. The highest BCUT2D eigenvalue weighted by Crippen LogP contribution is 2.26. The average Bonchev–Trinajstić information content (AvgIpc) is 2.02. The van der Waals surface area contributed by atoms with E-state index in [1.165, 1.54) is 0 Å². The van der Waals surface area contributed by atoms with E-state index in [0.717, 1.165) is 12.0 Å². The Morgan fingerprint density at radius 2 is 1.85 bits per heavy atom. The van der Waals surface area contributed by atoms with E-state index in [-0.39, 0.29) is 5.41 Å². The van der Waals surface area contributed by atoms with Gasteiger partial charge in [-0.3, -0.25) is 0 Å². The van der Waals surface area contributed by atoms with Gasteiger partial charge in [-0.2, -0.15) is 0 Å². The minimum absolute atomic E-state index is 0.195. The molecule has 1 rings (SSSR count). The molecule has 0 saturated carbocycles. The minimum atomic E-state index is 0.195. The van der Waals surface area contributed by atoms with Crippen LogP contribution in [0.2, 0.25) is 0 Å². The molecular weight excluding hydrogens is 162 g/mol. The first-order valence-corrected chi connectivity index (χ1v) is 4.44. The van der Waals surface area contributed by atoms with Crippen molar-refractivity contribution < 1.29 is 0 Å². The molecule has 0 aliphatic carbocycles. The van der Waals surface area contributed by atoms with Gasteiger partial charge >= 0.3 is 0 Å². The lowest BCUT2D eigenvalue weighted by Gasteiger charge is -2.18. The lowest BCUT2D eigenvalue weighted by Crippen LogP contribution is -2.09. The summed E-state index contributed by atoms with van der Waals surface area (Å²) in [6.07, 6.45) is 0.884. The average molecular weight is 177 g/mol. The van der Waals surface area contributed by atoms with Crippen molar-refractivity contribution in [1.82, 2.24) is 0 Å². The van der Waals surface area contributed by atoms with Gasteiger partial charge in [-0.05, 0) is 28.6 Å². The van der Waals surface area contributed by atoms with Gasteiger partial charge in [0, 0.05) is 0 Å². The first kappa shape index (κ1) is 9.90. The highest BCUT2D eigenvalue weighted by Gasteiger charge is 2.13. The Morgan fingerprint density at radius 3 is 2.38 bits per heavy atom. The molecule has 0 aromatic heterocycles. The van der Waals surface area contributed by atoms with Crippen LogP contribution >= 0.6 is 0 Å². The van der Waals surface area contributed by atoms with Gasteiger partial charge in [-0.15, -0.1) is 4.91 Å². The second-order valence-electron chi connectivity index (χ2n) is 4.46. The first-order chi connectivity index (χ1) is 6.03. The van der Waals surface area contributed by atoms with Crippen molar-refractivity contribution in [2.45, 2.75) is 27.2 Å². The second-order valence-corrected chi connectivity index (χ2v) is 4.46. The molecule has 0 unspecified atom stereocenters. The molecule has 0 radical (unpaired) electrons. The Bertz CT molecular complexity index is 299. The molecule has 1 aromatic rings. The van der Waals surface area contributed by atoms with E-state index in [1.54, 1.807) is 6.07 Å². The lowest BCUT2D eigenvalue weighted by molar-refractivity contribution is 0.411. The zero-order chi connectivity index (χ0) is 9.90. The summed E-state index contributed by atoms with van der Waals surface area (Å²) in [4.78, 5) is 10.5. The molecular formula is C11H15NO. The summed E-state index contributed by atoms with van der Waals surface area (Å²) in [6.45, 7) is 6.44. The Hall–Kier alpha value is -1.18. The molecule has 0 spiro atoms. The Kier molecular flexibility index (Phi) is 2.81. The fourth-order valence-corrected chi connectivity index (χ4v) is 1.32. The van der Waals surface area contributed by atoms with Crippen LogP contribution in [-0.4, -0.2) is 0 Å². The fraction of sp³-hybridized carbons (Fsp3) is 0.455. The van der Waals surface area contributed by atoms with Crippen molar-refractivity contribution in [2.75, 3.05) is 0 Å². The molecule has 2 heteroatoms. The van der Waals surface area contributed by atoms with Crippen molar-refractivity contribution in [3.63, 3.8) is 0 Å². The zero-order valence-electron chi connectivity index (χ0n) is 8.37. The second kappa shape index (κ2) is 3.69. The van der Waals surface area contributed by atoms with Gasteiger partial charge in [0.05, 0.1) is 0 Å². The van der Waals surface area contributed by atoms with Gasteiger partial charge in [-0.25, -0.2) is 0 Å². The number of hydrogen-bond donors (Lipinski definition) is 0. The molecule has 0 aliphatic heterocycles. The summed E-state index contributed by atoms with van der Waals surface area (Å²) in [7, 11) is 0. The van der Waals surface area contributed by atoms with E-state index in [2.05, 4.69) is 25.9 Å². The van der Waals surface area contributed by atoms with Crippen molar-refractivity contribution >= 4 is 5.69 Å². The monoisotopic (exact) mass is 177 g/mol. The van der Waals surface area contributed by atoms with E-state index in [0.29, 0.717) is 5.69 Å².